The Morgan fingerprint density at radius 3 is 2.88 bits per heavy atom. The highest BCUT2D eigenvalue weighted by Gasteiger charge is 2.57. The summed E-state index contributed by atoms with van der Waals surface area (Å²) in [5.74, 6) is 0. The molecule has 0 amide bonds. The summed E-state index contributed by atoms with van der Waals surface area (Å²) in [6.45, 7) is 0.658. The van der Waals surface area contributed by atoms with E-state index < -0.39 is 29.2 Å². The van der Waals surface area contributed by atoms with Crippen molar-refractivity contribution in [3.8, 4) is 0 Å². The van der Waals surface area contributed by atoms with Crippen LogP contribution < -0.4 is 11.2 Å². The van der Waals surface area contributed by atoms with Crippen LogP contribution >= 0.6 is 0 Å². The molecule has 92 valence electrons. The first kappa shape index (κ1) is 10.7. The van der Waals surface area contributed by atoms with Crippen LogP contribution in [-0.4, -0.2) is 39.6 Å². The van der Waals surface area contributed by atoms with Crippen molar-refractivity contribution in [2.45, 2.75) is 24.4 Å². The van der Waals surface area contributed by atoms with Crippen LogP contribution in [0.1, 0.15) is 12.6 Å². The number of aromatic nitrogens is 2. The summed E-state index contributed by atoms with van der Waals surface area (Å²) in [5.41, 5.74) is -1.87. The molecule has 1 aromatic rings. The Kier molecular flexibility index (Phi) is 2.22. The van der Waals surface area contributed by atoms with Crippen molar-refractivity contribution in [3.63, 3.8) is 0 Å². The highest BCUT2D eigenvalue weighted by molar-refractivity contribution is 5.04. The monoisotopic (exact) mass is 240 g/mol. The Morgan fingerprint density at radius 2 is 2.29 bits per heavy atom. The number of hydrogen-bond donors (Lipinski definition) is 2. The lowest BCUT2D eigenvalue weighted by Gasteiger charge is -2.43. The molecule has 3 atom stereocenters. The lowest BCUT2D eigenvalue weighted by atomic mass is 9.88. The van der Waals surface area contributed by atoms with Crippen LogP contribution in [0.5, 0.6) is 0 Å². The van der Waals surface area contributed by atoms with Crippen LogP contribution in [0.3, 0.4) is 0 Å². The third-order valence-corrected chi connectivity index (χ3v) is 3.36. The summed E-state index contributed by atoms with van der Waals surface area (Å²) in [7, 11) is 0. The molecule has 2 aliphatic rings. The zero-order chi connectivity index (χ0) is 12.0. The lowest BCUT2D eigenvalue weighted by molar-refractivity contribution is -0.227. The van der Waals surface area contributed by atoms with Crippen LogP contribution in [0.2, 0.25) is 0 Å². The van der Waals surface area contributed by atoms with E-state index in [1.165, 1.54) is 16.8 Å². The first-order valence-electron chi connectivity index (χ1n) is 5.38. The second-order valence-electron chi connectivity index (χ2n) is 4.27. The molecular formula is C10H12N2O5. The molecule has 1 spiro atoms. The van der Waals surface area contributed by atoms with E-state index in [1.807, 2.05) is 0 Å². The minimum atomic E-state index is -0.845. The molecule has 0 aliphatic carbocycles. The van der Waals surface area contributed by atoms with Crippen molar-refractivity contribution >= 4 is 0 Å². The number of H-pyrrole nitrogens is 1. The first-order valence-corrected chi connectivity index (χ1v) is 5.38. The summed E-state index contributed by atoms with van der Waals surface area (Å²) in [6.07, 6.45) is 0.549. The van der Waals surface area contributed by atoms with Crippen molar-refractivity contribution in [3.05, 3.63) is 33.1 Å². The predicted molar refractivity (Wildman–Crippen MR) is 55.6 cm³/mol. The molecule has 17 heavy (non-hydrogen) atoms. The molecule has 3 rings (SSSR count). The number of aliphatic hydroxyl groups is 1. The van der Waals surface area contributed by atoms with E-state index >= 15 is 0 Å². The molecule has 3 heterocycles. The van der Waals surface area contributed by atoms with Gasteiger partial charge in [0, 0.05) is 18.7 Å². The van der Waals surface area contributed by atoms with Gasteiger partial charge in [0.05, 0.1) is 13.2 Å². The Hall–Kier alpha value is -1.44. The molecule has 0 bridgehead atoms. The predicted octanol–water partition coefficient (Wildman–Crippen LogP) is -1.41. The Balaban J connectivity index is 2.04. The fourth-order valence-electron chi connectivity index (χ4n) is 2.35. The second-order valence-corrected chi connectivity index (χ2v) is 4.27. The number of ether oxygens (including phenoxy) is 2. The summed E-state index contributed by atoms with van der Waals surface area (Å²) in [5, 5.41) is 9.84. The smallest absolute Gasteiger partial charge is 0.330 e. The van der Waals surface area contributed by atoms with Crippen molar-refractivity contribution in [1.29, 1.82) is 0 Å². The van der Waals surface area contributed by atoms with Crippen LogP contribution in [0.15, 0.2) is 21.9 Å². The van der Waals surface area contributed by atoms with Gasteiger partial charge in [0.15, 0.2) is 6.23 Å². The summed E-state index contributed by atoms with van der Waals surface area (Å²) < 4.78 is 12.1. The van der Waals surface area contributed by atoms with Crippen molar-refractivity contribution < 1.29 is 14.6 Å². The van der Waals surface area contributed by atoms with Gasteiger partial charge in [0.2, 0.25) is 0 Å². The molecular weight excluding hydrogens is 228 g/mol. The molecule has 7 heteroatoms. The van der Waals surface area contributed by atoms with Crippen molar-refractivity contribution in [2.75, 3.05) is 13.2 Å². The maximum absolute atomic E-state index is 11.7. The standard InChI is InChI=1S/C10H12N2O5/c13-6-5-16-8(10(6)2-4-17-10)12-3-1-7(14)11-9(12)15/h1,3,6,8,13H,2,4-5H2,(H,11,14,15)/t6-,8-,10-/m1/s1. The molecule has 1 aromatic heterocycles. The van der Waals surface area contributed by atoms with E-state index in [-0.39, 0.29) is 6.61 Å². The number of hydrogen-bond acceptors (Lipinski definition) is 5. The summed E-state index contributed by atoms with van der Waals surface area (Å²) >= 11 is 0. The molecule has 0 radical (unpaired) electrons. The normalized spacial score (nSPS) is 36.1. The maximum atomic E-state index is 11.7. The minimum Gasteiger partial charge on any atom is -0.388 e. The highest BCUT2D eigenvalue weighted by atomic mass is 16.6. The largest absolute Gasteiger partial charge is 0.388 e. The van der Waals surface area contributed by atoms with Crippen molar-refractivity contribution in [1.82, 2.24) is 9.55 Å². The number of nitrogens with one attached hydrogen (secondary N) is 1. The van der Waals surface area contributed by atoms with Gasteiger partial charge in [-0.05, 0) is 0 Å². The van der Waals surface area contributed by atoms with Gasteiger partial charge < -0.3 is 14.6 Å². The number of nitrogens with zero attached hydrogens (tertiary/aromatic N) is 1. The fraction of sp³-hybridized carbons (Fsp3) is 0.600. The zero-order valence-corrected chi connectivity index (χ0v) is 8.96. The lowest BCUT2D eigenvalue weighted by Crippen LogP contribution is -2.56. The van der Waals surface area contributed by atoms with Gasteiger partial charge >= 0.3 is 5.69 Å². The molecule has 2 saturated heterocycles. The van der Waals surface area contributed by atoms with E-state index in [0.717, 1.165) is 0 Å². The van der Waals surface area contributed by atoms with E-state index in [0.29, 0.717) is 13.0 Å². The quantitative estimate of drug-likeness (QED) is 0.628. The van der Waals surface area contributed by atoms with E-state index in [9.17, 15) is 14.7 Å². The number of aliphatic hydroxyl groups excluding tert-OH is 1. The molecule has 0 saturated carbocycles. The van der Waals surface area contributed by atoms with Gasteiger partial charge in [0.1, 0.15) is 11.7 Å². The molecule has 0 unspecified atom stereocenters. The second kappa shape index (κ2) is 3.52. The molecule has 2 fully saturated rings. The molecule has 2 N–H and O–H groups in total. The Bertz CT molecular complexity index is 544. The van der Waals surface area contributed by atoms with Gasteiger partial charge in [-0.1, -0.05) is 0 Å². The molecule has 0 aromatic carbocycles. The average Bonchev–Trinajstić information content (AvgIpc) is 2.55. The van der Waals surface area contributed by atoms with Gasteiger partial charge in [-0.25, -0.2) is 4.79 Å². The molecule has 7 nitrogen and oxygen atoms in total. The van der Waals surface area contributed by atoms with Crippen LogP contribution in [0, 0.1) is 0 Å². The van der Waals surface area contributed by atoms with Gasteiger partial charge in [0.25, 0.3) is 5.56 Å². The van der Waals surface area contributed by atoms with E-state index in [4.69, 9.17) is 9.47 Å². The Labute approximate surface area is 95.6 Å². The first-order chi connectivity index (χ1) is 8.13. The number of aromatic amines is 1. The highest BCUT2D eigenvalue weighted by Crippen LogP contribution is 2.45. The minimum absolute atomic E-state index is 0.121. The van der Waals surface area contributed by atoms with E-state index in [1.54, 1.807) is 0 Å². The zero-order valence-electron chi connectivity index (χ0n) is 8.96. The number of rotatable bonds is 1. The van der Waals surface area contributed by atoms with Gasteiger partial charge in [-0.2, -0.15) is 0 Å². The Morgan fingerprint density at radius 1 is 1.53 bits per heavy atom. The maximum Gasteiger partial charge on any atom is 0.330 e. The van der Waals surface area contributed by atoms with E-state index in [2.05, 4.69) is 4.98 Å². The van der Waals surface area contributed by atoms with Crippen LogP contribution in [-0.2, 0) is 9.47 Å². The SMILES string of the molecule is O=c1ccn([C@@H]2OC[C@@H](O)[C@]23CCO3)c(=O)[nH]1. The fourth-order valence-corrected chi connectivity index (χ4v) is 2.35. The summed E-state index contributed by atoms with van der Waals surface area (Å²) in [4.78, 5) is 24.8. The van der Waals surface area contributed by atoms with Crippen molar-refractivity contribution in [2.24, 2.45) is 0 Å². The van der Waals surface area contributed by atoms with Gasteiger partial charge in [-0.15, -0.1) is 0 Å². The van der Waals surface area contributed by atoms with Crippen LogP contribution in [0.4, 0.5) is 0 Å². The average molecular weight is 240 g/mol. The third kappa shape index (κ3) is 1.40. The van der Waals surface area contributed by atoms with Gasteiger partial charge in [-0.3, -0.25) is 14.3 Å². The molecule has 2 aliphatic heterocycles. The summed E-state index contributed by atoms with van der Waals surface area (Å²) in [6, 6.07) is 1.24. The topological polar surface area (TPSA) is 93.5 Å². The van der Waals surface area contributed by atoms with Crippen LogP contribution in [0.25, 0.3) is 0 Å². The third-order valence-electron chi connectivity index (χ3n) is 3.36.